The molecule has 1 aliphatic rings. The molecule has 2 amide bonds. The molecule has 1 aromatic rings. The molecule has 7 heteroatoms. The molecule has 0 saturated carbocycles. The lowest BCUT2D eigenvalue weighted by Crippen LogP contribution is -2.48. The van der Waals surface area contributed by atoms with Gasteiger partial charge in [0.05, 0.1) is 6.54 Å². The third-order valence-electron chi connectivity index (χ3n) is 3.39. The molecule has 1 fully saturated rings. The molecule has 1 aromatic heterocycles. The molecule has 0 spiro atoms. The topological polar surface area (TPSA) is 87.5 Å². The SMILES string of the molecule is CC1CCN(C(=O)NCCn2cccn2)C1C(=O)O. The first kappa shape index (κ1) is 13.4. The molecule has 2 N–H and O–H groups in total. The van der Waals surface area contributed by atoms with Crippen molar-refractivity contribution in [2.24, 2.45) is 5.92 Å². The largest absolute Gasteiger partial charge is 0.480 e. The maximum atomic E-state index is 12.0. The van der Waals surface area contributed by atoms with Gasteiger partial charge in [-0.2, -0.15) is 5.10 Å². The number of nitrogens with zero attached hydrogens (tertiary/aromatic N) is 3. The number of carboxylic acid groups (broad SMARTS) is 1. The molecule has 1 saturated heterocycles. The molecule has 2 rings (SSSR count). The first-order chi connectivity index (χ1) is 9.09. The van der Waals surface area contributed by atoms with Crippen LogP contribution in [0.5, 0.6) is 0 Å². The Morgan fingerprint density at radius 3 is 2.95 bits per heavy atom. The van der Waals surface area contributed by atoms with Gasteiger partial charge in [-0.1, -0.05) is 6.92 Å². The van der Waals surface area contributed by atoms with Crippen LogP contribution in [0.25, 0.3) is 0 Å². The molecule has 1 aliphatic heterocycles. The highest BCUT2D eigenvalue weighted by Crippen LogP contribution is 2.23. The van der Waals surface area contributed by atoms with Gasteiger partial charge in [0.25, 0.3) is 0 Å². The minimum absolute atomic E-state index is 0.00522. The van der Waals surface area contributed by atoms with Crippen LogP contribution < -0.4 is 5.32 Å². The fourth-order valence-corrected chi connectivity index (χ4v) is 2.36. The van der Waals surface area contributed by atoms with E-state index in [1.165, 1.54) is 4.90 Å². The van der Waals surface area contributed by atoms with Crippen molar-refractivity contribution in [1.82, 2.24) is 20.0 Å². The summed E-state index contributed by atoms with van der Waals surface area (Å²) in [6.45, 7) is 3.35. The summed E-state index contributed by atoms with van der Waals surface area (Å²) in [5.74, 6) is -0.943. The number of aromatic nitrogens is 2. The average molecular weight is 266 g/mol. The Balaban J connectivity index is 1.84. The number of urea groups is 1. The molecule has 0 radical (unpaired) electrons. The van der Waals surface area contributed by atoms with Crippen molar-refractivity contribution < 1.29 is 14.7 Å². The molecule has 2 unspecified atom stereocenters. The first-order valence-electron chi connectivity index (χ1n) is 6.34. The highest BCUT2D eigenvalue weighted by atomic mass is 16.4. The van der Waals surface area contributed by atoms with Gasteiger partial charge in [-0.25, -0.2) is 9.59 Å². The smallest absolute Gasteiger partial charge is 0.326 e. The summed E-state index contributed by atoms with van der Waals surface area (Å²) in [6.07, 6.45) is 4.21. The van der Waals surface area contributed by atoms with E-state index in [1.807, 2.05) is 19.2 Å². The quantitative estimate of drug-likeness (QED) is 0.825. The van der Waals surface area contributed by atoms with Crippen LogP contribution in [0.1, 0.15) is 13.3 Å². The second kappa shape index (κ2) is 5.73. The van der Waals surface area contributed by atoms with Crippen LogP contribution in [-0.4, -0.2) is 50.9 Å². The van der Waals surface area contributed by atoms with Crippen molar-refractivity contribution in [1.29, 1.82) is 0 Å². The van der Waals surface area contributed by atoms with Crippen LogP contribution in [0.4, 0.5) is 4.79 Å². The number of amides is 2. The maximum absolute atomic E-state index is 12.0. The third-order valence-corrected chi connectivity index (χ3v) is 3.39. The van der Waals surface area contributed by atoms with E-state index in [0.717, 1.165) is 6.42 Å². The van der Waals surface area contributed by atoms with Crippen molar-refractivity contribution in [2.75, 3.05) is 13.1 Å². The molecule has 2 heterocycles. The number of hydrogen-bond acceptors (Lipinski definition) is 3. The summed E-state index contributed by atoms with van der Waals surface area (Å²) < 4.78 is 1.71. The van der Waals surface area contributed by atoms with Gasteiger partial charge in [-0.3, -0.25) is 4.68 Å². The van der Waals surface area contributed by atoms with Gasteiger partial charge in [-0.15, -0.1) is 0 Å². The van der Waals surface area contributed by atoms with E-state index in [1.54, 1.807) is 10.9 Å². The minimum atomic E-state index is -0.938. The van der Waals surface area contributed by atoms with Gasteiger partial charge in [0.2, 0.25) is 0 Å². The number of aliphatic carboxylic acids is 1. The Labute approximate surface area is 111 Å². The highest BCUT2D eigenvalue weighted by molar-refractivity contribution is 5.83. The van der Waals surface area contributed by atoms with Crippen molar-refractivity contribution in [3.8, 4) is 0 Å². The van der Waals surface area contributed by atoms with E-state index in [-0.39, 0.29) is 11.9 Å². The average Bonchev–Trinajstić information content (AvgIpc) is 2.97. The van der Waals surface area contributed by atoms with Crippen LogP contribution in [0.2, 0.25) is 0 Å². The van der Waals surface area contributed by atoms with Crippen LogP contribution in [0.15, 0.2) is 18.5 Å². The summed E-state index contributed by atoms with van der Waals surface area (Å²) in [4.78, 5) is 24.5. The molecular formula is C12H18N4O3. The number of nitrogens with one attached hydrogen (secondary N) is 1. The summed E-state index contributed by atoms with van der Waals surface area (Å²) in [5, 5.41) is 15.9. The maximum Gasteiger partial charge on any atom is 0.326 e. The van der Waals surface area contributed by atoms with E-state index in [9.17, 15) is 9.59 Å². The fourth-order valence-electron chi connectivity index (χ4n) is 2.36. The van der Waals surface area contributed by atoms with E-state index >= 15 is 0 Å². The Bertz CT molecular complexity index is 446. The van der Waals surface area contributed by atoms with E-state index in [2.05, 4.69) is 10.4 Å². The van der Waals surface area contributed by atoms with Crippen LogP contribution in [0, 0.1) is 5.92 Å². The monoisotopic (exact) mass is 266 g/mol. The third kappa shape index (κ3) is 3.04. The van der Waals surface area contributed by atoms with Crippen LogP contribution in [-0.2, 0) is 11.3 Å². The molecule has 2 atom stereocenters. The lowest BCUT2D eigenvalue weighted by atomic mass is 10.0. The van der Waals surface area contributed by atoms with Gasteiger partial charge in [-0.05, 0) is 18.4 Å². The van der Waals surface area contributed by atoms with E-state index < -0.39 is 12.0 Å². The molecule has 0 aliphatic carbocycles. The Kier molecular flexibility index (Phi) is 4.03. The molecule has 104 valence electrons. The van der Waals surface area contributed by atoms with Gasteiger partial charge >= 0.3 is 12.0 Å². The summed E-state index contributed by atoms with van der Waals surface area (Å²) in [7, 11) is 0. The first-order valence-corrected chi connectivity index (χ1v) is 6.34. The normalized spacial score (nSPS) is 22.5. The highest BCUT2D eigenvalue weighted by Gasteiger charge is 2.39. The van der Waals surface area contributed by atoms with Gasteiger partial charge in [0.1, 0.15) is 6.04 Å². The second-order valence-corrected chi connectivity index (χ2v) is 4.74. The lowest BCUT2D eigenvalue weighted by molar-refractivity contribution is -0.142. The van der Waals surface area contributed by atoms with Gasteiger partial charge < -0.3 is 15.3 Å². The van der Waals surface area contributed by atoms with Crippen molar-refractivity contribution >= 4 is 12.0 Å². The summed E-state index contributed by atoms with van der Waals surface area (Å²) in [5.41, 5.74) is 0. The molecule has 7 nitrogen and oxygen atoms in total. The minimum Gasteiger partial charge on any atom is -0.480 e. The second-order valence-electron chi connectivity index (χ2n) is 4.74. The summed E-state index contributed by atoms with van der Waals surface area (Å²) in [6, 6.07) is 0.776. The molecular weight excluding hydrogens is 248 g/mol. The number of carbonyl (C=O) groups excluding carboxylic acids is 1. The number of carboxylic acids is 1. The zero-order valence-corrected chi connectivity index (χ0v) is 10.8. The lowest BCUT2D eigenvalue weighted by Gasteiger charge is -2.23. The predicted molar refractivity (Wildman–Crippen MR) is 67.5 cm³/mol. The van der Waals surface area contributed by atoms with Crippen molar-refractivity contribution in [3.05, 3.63) is 18.5 Å². The zero-order valence-electron chi connectivity index (χ0n) is 10.8. The van der Waals surface area contributed by atoms with Gasteiger partial charge in [0, 0.05) is 25.5 Å². The Morgan fingerprint density at radius 2 is 2.32 bits per heavy atom. The zero-order chi connectivity index (χ0) is 13.8. The molecule has 0 aromatic carbocycles. The van der Waals surface area contributed by atoms with Gasteiger partial charge in [0.15, 0.2) is 0 Å². The predicted octanol–water partition coefficient (Wildman–Crippen LogP) is 0.388. The molecule has 19 heavy (non-hydrogen) atoms. The number of rotatable bonds is 4. The van der Waals surface area contributed by atoms with E-state index in [4.69, 9.17) is 5.11 Å². The number of hydrogen-bond donors (Lipinski definition) is 2. The van der Waals surface area contributed by atoms with Crippen molar-refractivity contribution in [2.45, 2.75) is 25.9 Å². The number of likely N-dealkylation sites (tertiary alicyclic amines) is 1. The van der Waals surface area contributed by atoms with Crippen LogP contribution >= 0.6 is 0 Å². The fraction of sp³-hybridized carbons (Fsp3) is 0.583. The Morgan fingerprint density at radius 1 is 1.53 bits per heavy atom. The van der Waals surface area contributed by atoms with Crippen molar-refractivity contribution in [3.63, 3.8) is 0 Å². The Hall–Kier alpha value is -2.05. The number of carbonyl (C=O) groups is 2. The summed E-state index contributed by atoms with van der Waals surface area (Å²) >= 11 is 0. The van der Waals surface area contributed by atoms with E-state index in [0.29, 0.717) is 19.6 Å². The standard InChI is InChI=1S/C12H18N4O3/c1-9-3-7-16(10(9)11(17)18)12(19)13-5-8-15-6-2-4-14-15/h2,4,6,9-10H,3,5,7-8H2,1H3,(H,13,19)(H,17,18). The van der Waals surface area contributed by atoms with Crippen LogP contribution in [0.3, 0.4) is 0 Å². The molecule has 0 bridgehead atoms.